The molecule has 1 N–H and O–H groups in total. The highest BCUT2D eigenvalue weighted by molar-refractivity contribution is 5.94. The van der Waals surface area contributed by atoms with Gasteiger partial charge in [-0.15, -0.1) is 0 Å². The molecule has 2 heteroatoms. The monoisotopic (exact) mass is 277 g/mol. The number of pyridine rings is 1. The fourth-order valence-corrected chi connectivity index (χ4v) is 2.54. The van der Waals surface area contributed by atoms with Gasteiger partial charge in [0.15, 0.2) is 0 Å². The number of benzene rings is 2. The summed E-state index contributed by atoms with van der Waals surface area (Å²) >= 11 is 0. The predicted octanol–water partition coefficient (Wildman–Crippen LogP) is 4.49. The van der Waals surface area contributed by atoms with Gasteiger partial charge in [-0.1, -0.05) is 51.1 Å². The third-order valence-corrected chi connectivity index (χ3v) is 3.78. The van der Waals surface area contributed by atoms with E-state index in [2.05, 4.69) is 50.0 Å². The highest BCUT2D eigenvalue weighted by atomic mass is 16.1. The Morgan fingerprint density at radius 1 is 0.905 bits per heavy atom. The zero-order chi connectivity index (χ0) is 15.0. The van der Waals surface area contributed by atoms with Crippen molar-refractivity contribution < 1.29 is 0 Å². The first kappa shape index (κ1) is 13.6. The minimum absolute atomic E-state index is 0.0633. The molecule has 3 aromatic rings. The first-order chi connectivity index (χ1) is 9.95. The molecule has 106 valence electrons. The lowest BCUT2D eigenvalue weighted by molar-refractivity contribution is 0.591. The summed E-state index contributed by atoms with van der Waals surface area (Å²) in [5.74, 6) is 0. The summed E-state index contributed by atoms with van der Waals surface area (Å²) in [6.45, 7) is 6.61. The van der Waals surface area contributed by atoms with E-state index < -0.39 is 0 Å². The Hall–Kier alpha value is -2.35. The third-order valence-electron chi connectivity index (χ3n) is 3.78. The van der Waals surface area contributed by atoms with Crippen molar-refractivity contribution >= 4 is 10.9 Å². The molecule has 0 saturated carbocycles. The zero-order valence-electron chi connectivity index (χ0n) is 12.6. The number of H-pyrrole nitrogens is 1. The number of fused-ring (bicyclic) bond motifs is 1. The fourth-order valence-electron chi connectivity index (χ4n) is 2.54. The molecule has 0 aliphatic rings. The summed E-state index contributed by atoms with van der Waals surface area (Å²) in [6.07, 6.45) is 0. The normalized spacial score (nSPS) is 11.8. The molecule has 0 bridgehead atoms. The van der Waals surface area contributed by atoms with Crippen molar-refractivity contribution in [2.24, 2.45) is 0 Å². The Kier molecular flexibility index (Phi) is 3.17. The second kappa shape index (κ2) is 4.88. The molecule has 0 spiro atoms. The van der Waals surface area contributed by atoms with E-state index in [0.717, 1.165) is 22.0 Å². The Morgan fingerprint density at radius 2 is 1.62 bits per heavy atom. The minimum atomic E-state index is -0.0665. The van der Waals surface area contributed by atoms with Crippen molar-refractivity contribution in [3.05, 3.63) is 70.5 Å². The molecular formula is C19H19NO. The Bertz CT molecular complexity index is 839. The molecule has 0 aliphatic carbocycles. The van der Waals surface area contributed by atoms with Crippen molar-refractivity contribution in [3.8, 4) is 11.1 Å². The van der Waals surface area contributed by atoms with Gasteiger partial charge >= 0.3 is 0 Å². The molecule has 21 heavy (non-hydrogen) atoms. The van der Waals surface area contributed by atoms with Crippen LogP contribution >= 0.6 is 0 Å². The fraction of sp³-hybridized carbons (Fsp3) is 0.211. The maximum absolute atomic E-state index is 11.7. The maximum atomic E-state index is 11.7. The quantitative estimate of drug-likeness (QED) is 0.698. The van der Waals surface area contributed by atoms with Gasteiger partial charge in [-0.25, -0.2) is 0 Å². The van der Waals surface area contributed by atoms with Crippen LogP contribution in [0, 0.1) is 0 Å². The number of aromatic amines is 1. The molecule has 0 aliphatic heterocycles. The second-order valence-corrected chi connectivity index (χ2v) is 6.43. The first-order valence-electron chi connectivity index (χ1n) is 7.18. The van der Waals surface area contributed by atoms with Gasteiger partial charge in [-0.2, -0.15) is 0 Å². The van der Waals surface area contributed by atoms with Gasteiger partial charge in [-0.05, 0) is 40.1 Å². The lowest BCUT2D eigenvalue weighted by Gasteiger charge is -2.21. The highest BCUT2D eigenvalue weighted by Gasteiger charge is 2.17. The van der Waals surface area contributed by atoms with Gasteiger partial charge in [0, 0.05) is 11.6 Å². The largest absolute Gasteiger partial charge is 0.321 e. The molecule has 0 unspecified atom stereocenters. The second-order valence-electron chi connectivity index (χ2n) is 6.43. The molecule has 2 nitrogen and oxygen atoms in total. The predicted molar refractivity (Wildman–Crippen MR) is 88.7 cm³/mol. The van der Waals surface area contributed by atoms with E-state index >= 15 is 0 Å². The van der Waals surface area contributed by atoms with Crippen LogP contribution in [0.2, 0.25) is 0 Å². The smallest absolute Gasteiger partial charge is 0.248 e. The molecular weight excluding hydrogens is 258 g/mol. The standard InChI is InChI=1S/C19H19NO/c1-19(2,3)15-11-14-9-10-17(21)20-18(14)16(12-15)13-7-5-4-6-8-13/h4-12H,1-3H3,(H,20,21). The summed E-state index contributed by atoms with van der Waals surface area (Å²) in [5, 5.41) is 1.07. The zero-order valence-corrected chi connectivity index (χ0v) is 12.6. The topological polar surface area (TPSA) is 32.9 Å². The Labute approximate surface area is 124 Å². The minimum Gasteiger partial charge on any atom is -0.321 e. The van der Waals surface area contributed by atoms with Gasteiger partial charge in [-0.3, -0.25) is 4.79 Å². The van der Waals surface area contributed by atoms with Crippen molar-refractivity contribution in [3.63, 3.8) is 0 Å². The lowest BCUT2D eigenvalue weighted by Crippen LogP contribution is -2.12. The lowest BCUT2D eigenvalue weighted by atomic mass is 9.84. The molecule has 0 amide bonds. The van der Waals surface area contributed by atoms with Crippen LogP contribution in [0.4, 0.5) is 0 Å². The summed E-state index contributed by atoms with van der Waals surface area (Å²) in [7, 11) is 0. The van der Waals surface area contributed by atoms with E-state index in [-0.39, 0.29) is 11.0 Å². The van der Waals surface area contributed by atoms with Crippen LogP contribution in [0.25, 0.3) is 22.0 Å². The van der Waals surface area contributed by atoms with Gasteiger partial charge in [0.2, 0.25) is 5.56 Å². The van der Waals surface area contributed by atoms with E-state index in [9.17, 15) is 4.79 Å². The van der Waals surface area contributed by atoms with Crippen molar-refractivity contribution in [2.45, 2.75) is 26.2 Å². The van der Waals surface area contributed by atoms with E-state index in [4.69, 9.17) is 0 Å². The number of hydrogen-bond donors (Lipinski definition) is 1. The molecule has 3 rings (SSSR count). The molecule has 0 fully saturated rings. The van der Waals surface area contributed by atoms with Crippen LogP contribution in [0.3, 0.4) is 0 Å². The van der Waals surface area contributed by atoms with E-state index in [1.54, 1.807) is 6.07 Å². The Balaban J connectivity index is 2.39. The van der Waals surface area contributed by atoms with E-state index in [0.29, 0.717) is 0 Å². The van der Waals surface area contributed by atoms with Gasteiger partial charge in [0.05, 0.1) is 5.52 Å². The number of aromatic nitrogens is 1. The van der Waals surface area contributed by atoms with Crippen LogP contribution < -0.4 is 5.56 Å². The molecule has 1 heterocycles. The number of rotatable bonds is 1. The van der Waals surface area contributed by atoms with Crippen LogP contribution in [-0.4, -0.2) is 4.98 Å². The van der Waals surface area contributed by atoms with Crippen molar-refractivity contribution in [1.82, 2.24) is 4.98 Å². The van der Waals surface area contributed by atoms with Gasteiger partial charge in [0.1, 0.15) is 0 Å². The molecule has 0 radical (unpaired) electrons. The highest BCUT2D eigenvalue weighted by Crippen LogP contribution is 2.33. The first-order valence-corrected chi connectivity index (χ1v) is 7.18. The molecule has 0 atom stereocenters. The molecule has 2 aromatic carbocycles. The average molecular weight is 277 g/mol. The average Bonchev–Trinajstić information content (AvgIpc) is 2.46. The van der Waals surface area contributed by atoms with Crippen LogP contribution in [0.15, 0.2) is 59.4 Å². The number of nitrogens with one attached hydrogen (secondary N) is 1. The van der Waals surface area contributed by atoms with Crippen LogP contribution in [-0.2, 0) is 5.41 Å². The SMILES string of the molecule is CC(C)(C)c1cc(-c2ccccc2)c2[nH]c(=O)ccc2c1. The summed E-state index contributed by atoms with van der Waals surface area (Å²) < 4.78 is 0. The van der Waals surface area contributed by atoms with E-state index in [1.165, 1.54) is 5.56 Å². The third kappa shape index (κ3) is 2.62. The van der Waals surface area contributed by atoms with E-state index in [1.807, 2.05) is 24.3 Å². The van der Waals surface area contributed by atoms with Gasteiger partial charge < -0.3 is 4.98 Å². The number of hydrogen-bond acceptors (Lipinski definition) is 1. The van der Waals surface area contributed by atoms with Crippen molar-refractivity contribution in [2.75, 3.05) is 0 Å². The molecule has 1 aromatic heterocycles. The summed E-state index contributed by atoms with van der Waals surface area (Å²) in [5.41, 5.74) is 4.37. The Morgan fingerprint density at radius 3 is 2.29 bits per heavy atom. The summed E-state index contributed by atoms with van der Waals surface area (Å²) in [6, 6.07) is 18.0. The van der Waals surface area contributed by atoms with Gasteiger partial charge in [0.25, 0.3) is 0 Å². The maximum Gasteiger partial charge on any atom is 0.248 e. The summed E-state index contributed by atoms with van der Waals surface area (Å²) in [4.78, 5) is 14.7. The van der Waals surface area contributed by atoms with Crippen LogP contribution in [0.5, 0.6) is 0 Å². The molecule has 0 saturated heterocycles. The van der Waals surface area contributed by atoms with Crippen LogP contribution in [0.1, 0.15) is 26.3 Å². The van der Waals surface area contributed by atoms with Crippen molar-refractivity contribution in [1.29, 1.82) is 0 Å².